The normalized spacial score (nSPS) is 24.4. The number of aliphatic hydroxyl groups excluding tert-OH is 1. The fourth-order valence-electron chi connectivity index (χ4n) is 3.62. The van der Waals surface area contributed by atoms with E-state index in [2.05, 4.69) is 11.8 Å². The Hall–Kier alpha value is -1.24. The summed E-state index contributed by atoms with van der Waals surface area (Å²) in [6.45, 7) is 2.11. The van der Waals surface area contributed by atoms with Crippen molar-refractivity contribution >= 4 is 11.8 Å². The minimum absolute atomic E-state index is 0.0881. The van der Waals surface area contributed by atoms with Gasteiger partial charge in [0.15, 0.2) is 0 Å². The van der Waals surface area contributed by atoms with Gasteiger partial charge in [0.2, 0.25) is 0 Å². The molecule has 150 valence electrons. The summed E-state index contributed by atoms with van der Waals surface area (Å²) in [4.78, 5) is 27.2. The first-order valence-corrected chi connectivity index (χ1v) is 9.90. The summed E-state index contributed by atoms with van der Waals surface area (Å²) in [6.07, 6.45) is 10.7. The second-order valence-corrected chi connectivity index (χ2v) is 7.29. The molecule has 1 unspecified atom stereocenters. The summed E-state index contributed by atoms with van der Waals surface area (Å²) < 4.78 is 0. The minimum atomic E-state index is -0.774. The first kappa shape index (κ1) is 22.8. The van der Waals surface area contributed by atoms with Crippen molar-refractivity contribution in [1.82, 2.24) is 0 Å². The van der Waals surface area contributed by atoms with Gasteiger partial charge in [-0.1, -0.05) is 57.6 Å². The van der Waals surface area contributed by atoms with Crippen molar-refractivity contribution in [2.45, 2.75) is 89.8 Å². The van der Waals surface area contributed by atoms with E-state index in [0.29, 0.717) is 19.3 Å². The average Bonchev–Trinajstić information content (AvgIpc) is 2.87. The molecule has 6 heteroatoms. The zero-order valence-electron chi connectivity index (χ0n) is 15.8. The Morgan fingerprint density at radius 3 is 2.62 bits per heavy atom. The van der Waals surface area contributed by atoms with E-state index in [9.17, 15) is 14.7 Å². The number of Topliss-reactive ketones (excluding diaryl/α,β-unsaturated/α-hetero) is 1. The second kappa shape index (κ2) is 13.0. The summed E-state index contributed by atoms with van der Waals surface area (Å²) in [5.41, 5.74) is 0. The predicted octanol–water partition coefficient (Wildman–Crippen LogP) is 3.97. The minimum Gasteiger partial charge on any atom is -0.481 e. The van der Waals surface area contributed by atoms with Gasteiger partial charge in [-0.25, -0.2) is 4.89 Å². The van der Waals surface area contributed by atoms with Crippen molar-refractivity contribution < 1.29 is 29.9 Å². The second-order valence-electron chi connectivity index (χ2n) is 7.29. The van der Waals surface area contributed by atoms with Crippen molar-refractivity contribution in [1.29, 1.82) is 0 Å². The predicted molar refractivity (Wildman–Crippen MR) is 98.7 cm³/mol. The number of hydrogen-bond acceptors (Lipinski definition) is 5. The van der Waals surface area contributed by atoms with Crippen LogP contribution in [0.15, 0.2) is 12.2 Å². The molecule has 6 nitrogen and oxygen atoms in total. The molecule has 0 bridgehead atoms. The first-order chi connectivity index (χ1) is 12.5. The Labute approximate surface area is 156 Å². The molecular weight excluding hydrogens is 336 g/mol. The lowest BCUT2D eigenvalue weighted by molar-refractivity contribution is -0.267. The highest BCUT2D eigenvalue weighted by Crippen LogP contribution is 2.34. The molecule has 1 rings (SSSR count). The molecule has 1 fully saturated rings. The van der Waals surface area contributed by atoms with Crippen LogP contribution in [0.25, 0.3) is 0 Å². The number of carbonyl (C=O) groups excluding carboxylic acids is 1. The molecule has 0 radical (unpaired) electrons. The highest BCUT2D eigenvalue weighted by molar-refractivity contribution is 5.84. The quantitative estimate of drug-likeness (QED) is 0.185. The maximum absolute atomic E-state index is 12.2. The first-order valence-electron chi connectivity index (χ1n) is 9.90. The van der Waals surface area contributed by atoms with Crippen LogP contribution >= 0.6 is 0 Å². The fourth-order valence-corrected chi connectivity index (χ4v) is 3.62. The maximum atomic E-state index is 12.2. The molecule has 26 heavy (non-hydrogen) atoms. The van der Waals surface area contributed by atoms with Crippen LogP contribution in [0.2, 0.25) is 0 Å². The highest BCUT2D eigenvalue weighted by atomic mass is 17.1. The molecule has 1 aliphatic rings. The summed E-state index contributed by atoms with van der Waals surface area (Å²) >= 11 is 0. The van der Waals surface area contributed by atoms with Crippen molar-refractivity contribution in [2.24, 2.45) is 11.8 Å². The molecule has 3 N–H and O–H groups in total. The van der Waals surface area contributed by atoms with E-state index < -0.39 is 18.2 Å². The van der Waals surface area contributed by atoms with Crippen molar-refractivity contribution in [2.75, 3.05) is 0 Å². The summed E-state index contributed by atoms with van der Waals surface area (Å²) in [5, 5.41) is 27.8. The lowest BCUT2D eigenvalue weighted by Crippen LogP contribution is -2.19. The Morgan fingerprint density at radius 1 is 1.23 bits per heavy atom. The van der Waals surface area contributed by atoms with Crippen LogP contribution in [0.3, 0.4) is 0 Å². The van der Waals surface area contributed by atoms with Gasteiger partial charge in [-0.2, -0.15) is 0 Å². The molecule has 0 amide bonds. The molecule has 0 aromatic rings. The zero-order chi connectivity index (χ0) is 19.4. The van der Waals surface area contributed by atoms with Gasteiger partial charge in [0.1, 0.15) is 11.9 Å². The van der Waals surface area contributed by atoms with Gasteiger partial charge in [-0.3, -0.25) is 14.8 Å². The SMILES string of the molecule is CCCCCC(C=C[C@H]1[C@H](O)CC(=O)[C@@H]1CCCCCCC(=O)O)OO. The van der Waals surface area contributed by atoms with E-state index in [1.165, 1.54) is 0 Å². The molecule has 0 aliphatic heterocycles. The van der Waals surface area contributed by atoms with Crippen LogP contribution in [-0.2, 0) is 14.5 Å². The van der Waals surface area contributed by atoms with Crippen LogP contribution in [0, 0.1) is 11.8 Å². The number of carboxylic acid groups (broad SMARTS) is 1. The van der Waals surface area contributed by atoms with Crippen LogP contribution in [-0.4, -0.2) is 39.4 Å². The lowest BCUT2D eigenvalue weighted by Gasteiger charge is -2.18. The third-order valence-corrected chi connectivity index (χ3v) is 5.16. The third kappa shape index (κ3) is 8.43. The summed E-state index contributed by atoms with van der Waals surface area (Å²) in [7, 11) is 0. The van der Waals surface area contributed by atoms with Crippen LogP contribution < -0.4 is 0 Å². The van der Waals surface area contributed by atoms with E-state index >= 15 is 0 Å². The number of rotatable bonds is 14. The van der Waals surface area contributed by atoms with E-state index in [1.54, 1.807) is 6.08 Å². The van der Waals surface area contributed by atoms with E-state index in [1.807, 2.05) is 6.08 Å². The Kier molecular flexibility index (Phi) is 11.4. The smallest absolute Gasteiger partial charge is 0.303 e. The van der Waals surface area contributed by atoms with Gasteiger partial charge >= 0.3 is 5.97 Å². The van der Waals surface area contributed by atoms with Gasteiger partial charge in [-0.05, 0) is 19.3 Å². The molecule has 4 atom stereocenters. The number of aliphatic hydroxyl groups is 1. The zero-order valence-corrected chi connectivity index (χ0v) is 15.8. The fraction of sp³-hybridized carbons (Fsp3) is 0.800. The van der Waals surface area contributed by atoms with Crippen LogP contribution in [0.5, 0.6) is 0 Å². The molecular formula is C20H34O6. The summed E-state index contributed by atoms with van der Waals surface area (Å²) in [6, 6.07) is 0. The molecule has 0 spiro atoms. The molecule has 0 aromatic carbocycles. The Bertz CT molecular complexity index is 448. The summed E-state index contributed by atoms with van der Waals surface area (Å²) in [5.74, 6) is -1.12. The topological polar surface area (TPSA) is 104 Å². The van der Waals surface area contributed by atoms with Gasteiger partial charge in [0.05, 0.1) is 6.10 Å². The largest absolute Gasteiger partial charge is 0.481 e. The van der Waals surface area contributed by atoms with Crippen molar-refractivity contribution in [3.63, 3.8) is 0 Å². The number of hydrogen-bond donors (Lipinski definition) is 3. The molecule has 0 heterocycles. The molecule has 0 saturated heterocycles. The van der Waals surface area contributed by atoms with Gasteiger partial charge in [0.25, 0.3) is 0 Å². The molecule has 1 aliphatic carbocycles. The van der Waals surface area contributed by atoms with Crippen molar-refractivity contribution in [3.8, 4) is 0 Å². The van der Waals surface area contributed by atoms with E-state index in [-0.39, 0.29) is 30.5 Å². The lowest BCUT2D eigenvalue weighted by atomic mass is 9.88. The van der Waals surface area contributed by atoms with Gasteiger partial charge in [-0.15, -0.1) is 0 Å². The monoisotopic (exact) mass is 370 g/mol. The highest BCUT2D eigenvalue weighted by Gasteiger charge is 2.39. The van der Waals surface area contributed by atoms with Crippen LogP contribution in [0.1, 0.15) is 77.6 Å². The standard InChI is InChI=1S/C20H34O6/c1-2-3-6-9-15(26-25)12-13-17-16(18(21)14-19(17)22)10-7-4-5-8-11-20(23)24/h12-13,15-17,19,22,25H,2-11,14H2,1H3,(H,23,24)/t15?,16-,17-,19-/m1/s1. The van der Waals surface area contributed by atoms with Crippen LogP contribution in [0.4, 0.5) is 0 Å². The van der Waals surface area contributed by atoms with Gasteiger partial charge in [0, 0.05) is 24.7 Å². The average molecular weight is 370 g/mol. The molecule has 1 saturated carbocycles. The third-order valence-electron chi connectivity index (χ3n) is 5.16. The maximum Gasteiger partial charge on any atom is 0.303 e. The number of ketones is 1. The Morgan fingerprint density at radius 2 is 1.96 bits per heavy atom. The number of carboxylic acids is 1. The van der Waals surface area contributed by atoms with Crippen molar-refractivity contribution in [3.05, 3.63) is 12.2 Å². The number of aliphatic carboxylic acids is 1. The van der Waals surface area contributed by atoms with E-state index in [0.717, 1.165) is 38.5 Å². The van der Waals surface area contributed by atoms with E-state index in [4.69, 9.17) is 10.4 Å². The molecule has 0 aromatic heterocycles. The van der Waals surface area contributed by atoms with Gasteiger partial charge < -0.3 is 10.2 Å². The Balaban J connectivity index is 2.46. The number of unbranched alkanes of at least 4 members (excludes halogenated alkanes) is 5. The number of carbonyl (C=O) groups is 2.